The van der Waals surface area contributed by atoms with Crippen molar-refractivity contribution in [3.63, 3.8) is 0 Å². The Morgan fingerprint density at radius 2 is 2.06 bits per heavy atom. The van der Waals surface area contributed by atoms with Crippen LogP contribution < -0.4 is 15.0 Å². The zero-order chi connectivity index (χ0) is 22.0. The molecule has 1 aliphatic carbocycles. The number of rotatable bonds is 6. The third-order valence-electron chi connectivity index (χ3n) is 6.53. The molecule has 2 heterocycles. The first kappa shape index (κ1) is 21.8. The minimum Gasteiger partial charge on any atom is -0.482 e. The molecule has 2 aliphatic rings. The molecule has 1 saturated carbocycles. The Morgan fingerprint density at radius 3 is 2.81 bits per heavy atom. The van der Waals surface area contributed by atoms with E-state index >= 15 is 0 Å². The molecular formula is C24H31N3O3S. The fraction of sp³-hybridized carbons (Fsp3) is 0.542. The molecule has 1 fully saturated rings. The molecule has 2 amide bonds. The number of aryl methyl sites for hydroxylation is 1. The number of anilines is 2. The number of carbonyl (C=O) groups excluding carboxylic acids is 2. The second kappa shape index (κ2) is 9.39. The SMILES string of the molecule is CCCCC1CCC(C(=O)Nc2nc(-c3ccc4c(c3)N(C)C(=O)CO4)c(C)s2)CC1. The maximum absolute atomic E-state index is 12.8. The van der Waals surface area contributed by atoms with Gasteiger partial charge in [-0.1, -0.05) is 26.2 Å². The molecule has 166 valence electrons. The summed E-state index contributed by atoms with van der Waals surface area (Å²) in [5.41, 5.74) is 2.49. The Kier molecular flexibility index (Phi) is 6.60. The number of carbonyl (C=O) groups is 2. The van der Waals surface area contributed by atoms with Gasteiger partial charge >= 0.3 is 0 Å². The van der Waals surface area contributed by atoms with Crippen LogP contribution in [0.2, 0.25) is 0 Å². The molecule has 31 heavy (non-hydrogen) atoms. The van der Waals surface area contributed by atoms with Crippen molar-refractivity contribution in [3.05, 3.63) is 23.1 Å². The molecule has 2 aromatic rings. The summed E-state index contributed by atoms with van der Waals surface area (Å²) in [7, 11) is 1.75. The average molecular weight is 442 g/mol. The number of benzene rings is 1. The molecule has 4 rings (SSSR count). The molecular weight excluding hydrogens is 410 g/mol. The number of nitrogens with zero attached hydrogens (tertiary/aromatic N) is 2. The number of ether oxygens (including phenoxy) is 1. The Labute approximate surface area is 188 Å². The molecule has 1 aromatic carbocycles. The second-order valence-corrected chi connectivity index (χ2v) is 9.90. The molecule has 0 unspecified atom stereocenters. The van der Waals surface area contributed by atoms with Crippen LogP contribution in [0.25, 0.3) is 11.3 Å². The maximum Gasteiger partial charge on any atom is 0.264 e. The summed E-state index contributed by atoms with van der Waals surface area (Å²) in [6.45, 7) is 4.31. The van der Waals surface area contributed by atoms with E-state index in [9.17, 15) is 9.59 Å². The van der Waals surface area contributed by atoms with Crippen molar-refractivity contribution in [2.24, 2.45) is 11.8 Å². The van der Waals surface area contributed by atoms with Gasteiger partial charge in [0.15, 0.2) is 11.7 Å². The van der Waals surface area contributed by atoms with Crippen molar-refractivity contribution in [3.8, 4) is 17.0 Å². The lowest BCUT2D eigenvalue weighted by Gasteiger charge is -2.27. The first-order valence-corrected chi connectivity index (χ1v) is 12.1. The molecule has 0 saturated heterocycles. The first-order valence-electron chi connectivity index (χ1n) is 11.3. The Morgan fingerprint density at radius 1 is 1.29 bits per heavy atom. The van der Waals surface area contributed by atoms with Gasteiger partial charge < -0.3 is 15.0 Å². The van der Waals surface area contributed by atoms with Crippen molar-refractivity contribution in [2.75, 3.05) is 23.9 Å². The number of hydrogen-bond acceptors (Lipinski definition) is 5. The number of nitrogens with one attached hydrogen (secondary N) is 1. The third-order valence-corrected chi connectivity index (χ3v) is 7.42. The lowest BCUT2D eigenvalue weighted by Crippen LogP contribution is -2.35. The largest absolute Gasteiger partial charge is 0.482 e. The summed E-state index contributed by atoms with van der Waals surface area (Å²) < 4.78 is 5.52. The summed E-state index contributed by atoms with van der Waals surface area (Å²) in [6, 6.07) is 5.76. The number of hydrogen-bond donors (Lipinski definition) is 1. The lowest BCUT2D eigenvalue weighted by molar-refractivity contribution is -0.121. The van der Waals surface area contributed by atoms with Gasteiger partial charge in [0.1, 0.15) is 5.75 Å². The molecule has 1 aromatic heterocycles. The minimum absolute atomic E-state index is 0.0648. The van der Waals surface area contributed by atoms with Crippen molar-refractivity contribution in [2.45, 2.75) is 58.8 Å². The smallest absolute Gasteiger partial charge is 0.264 e. The normalized spacial score (nSPS) is 20.9. The number of unbranched alkanes of at least 4 members (excludes halogenated alkanes) is 1. The lowest BCUT2D eigenvalue weighted by atomic mass is 9.79. The zero-order valence-electron chi connectivity index (χ0n) is 18.6. The molecule has 0 radical (unpaired) electrons. The predicted molar refractivity (Wildman–Crippen MR) is 125 cm³/mol. The number of amides is 2. The fourth-order valence-corrected chi connectivity index (χ4v) is 5.39. The average Bonchev–Trinajstić information content (AvgIpc) is 3.15. The van der Waals surface area contributed by atoms with Gasteiger partial charge in [-0.3, -0.25) is 9.59 Å². The zero-order valence-corrected chi connectivity index (χ0v) is 19.4. The maximum atomic E-state index is 12.8. The van der Waals surface area contributed by atoms with Crippen LogP contribution in [0.3, 0.4) is 0 Å². The van der Waals surface area contributed by atoms with Gasteiger partial charge in [0.25, 0.3) is 5.91 Å². The fourth-order valence-electron chi connectivity index (χ4n) is 4.55. The van der Waals surface area contributed by atoms with Crippen LogP contribution in [-0.2, 0) is 9.59 Å². The number of likely N-dealkylation sites (N-methyl/N-ethyl adjacent to an activating group) is 1. The Balaban J connectivity index is 1.43. The molecule has 1 N–H and O–H groups in total. The highest BCUT2D eigenvalue weighted by atomic mass is 32.1. The van der Waals surface area contributed by atoms with Crippen LogP contribution in [0, 0.1) is 18.8 Å². The van der Waals surface area contributed by atoms with Crippen molar-refractivity contribution >= 4 is 34.0 Å². The van der Waals surface area contributed by atoms with E-state index in [0.29, 0.717) is 10.9 Å². The van der Waals surface area contributed by atoms with Crippen molar-refractivity contribution in [1.29, 1.82) is 0 Å². The quantitative estimate of drug-likeness (QED) is 0.651. The standard InChI is InChI=1S/C24H31N3O3S/c1-4-5-6-16-7-9-17(10-8-16)23(29)26-24-25-22(15(2)31-24)18-11-12-20-19(13-18)27(3)21(28)14-30-20/h11-13,16-17H,4-10,14H2,1-3H3,(H,25,26,29). The van der Waals surface area contributed by atoms with Gasteiger partial charge in [-0.25, -0.2) is 4.98 Å². The van der Waals surface area contributed by atoms with Gasteiger partial charge in [0, 0.05) is 23.4 Å². The van der Waals surface area contributed by atoms with Crippen LogP contribution in [-0.4, -0.2) is 30.5 Å². The summed E-state index contributed by atoms with van der Waals surface area (Å²) in [5.74, 6) is 1.60. The van der Waals surface area contributed by atoms with Crippen molar-refractivity contribution in [1.82, 2.24) is 4.98 Å². The minimum atomic E-state index is -0.0722. The number of thiazole rings is 1. The molecule has 0 atom stereocenters. The van der Waals surface area contributed by atoms with Gasteiger partial charge in [-0.2, -0.15) is 0 Å². The van der Waals surface area contributed by atoms with Gasteiger partial charge in [0.2, 0.25) is 5.91 Å². The summed E-state index contributed by atoms with van der Waals surface area (Å²) in [5, 5.41) is 3.70. The van der Waals surface area contributed by atoms with Crippen molar-refractivity contribution < 1.29 is 14.3 Å². The van der Waals surface area contributed by atoms with E-state index in [1.807, 2.05) is 25.1 Å². The summed E-state index contributed by atoms with van der Waals surface area (Å²) >= 11 is 1.50. The van der Waals surface area contributed by atoms with E-state index in [0.717, 1.165) is 53.4 Å². The van der Waals surface area contributed by atoms with E-state index in [4.69, 9.17) is 9.72 Å². The van der Waals surface area contributed by atoms with Crippen LogP contribution in [0.5, 0.6) is 5.75 Å². The van der Waals surface area contributed by atoms with Crippen LogP contribution in [0.1, 0.15) is 56.7 Å². The molecule has 0 spiro atoms. The summed E-state index contributed by atoms with van der Waals surface area (Å²) in [6.07, 6.45) is 8.10. The van der Waals surface area contributed by atoms with Crippen LogP contribution in [0.15, 0.2) is 18.2 Å². The van der Waals surface area contributed by atoms with Gasteiger partial charge in [0.05, 0.1) is 11.4 Å². The monoisotopic (exact) mass is 441 g/mol. The highest BCUT2D eigenvalue weighted by Gasteiger charge is 2.27. The van der Waals surface area contributed by atoms with E-state index in [-0.39, 0.29) is 24.3 Å². The van der Waals surface area contributed by atoms with E-state index < -0.39 is 0 Å². The van der Waals surface area contributed by atoms with E-state index in [1.54, 1.807) is 11.9 Å². The van der Waals surface area contributed by atoms with Crippen LogP contribution in [0.4, 0.5) is 10.8 Å². The molecule has 7 heteroatoms. The highest BCUT2D eigenvalue weighted by molar-refractivity contribution is 7.16. The molecule has 0 bridgehead atoms. The second-order valence-electron chi connectivity index (χ2n) is 8.70. The Hall–Kier alpha value is -2.41. The third kappa shape index (κ3) is 4.76. The molecule has 1 aliphatic heterocycles. The number of fused-ring (bicyclic) bond motifs is 1. The topological polar surface area (TPSA) is 71.5 Å². The number of aromatic nitrogens is 1. The van der Waals surface area contributed by atoms with E-state index in [2.05, 4.69) is 12.2 Å². The predicted octanol–water partition coefficient (Wildman–Crippen LogP) is 5.41. The van der Waals surface area contributed by atoms with Gasteiger partial charge in [-0.05, 0) is 56.7 Å². The van der Waals surface area contributed by atoms with Crippen LogP contribution >= 0.6 is 11.3 Å². The van der Waals surface area contributed by atoms with Gasteiger partial charge in [-0.15, -0.1) is 11.3 Å². The summed E-state index contributed by atoms with van der Waals surface area (Å²) in [4.78, 5) is 32.1. The van der Waals surface area contributed by atoms with E-state index in [1.165, 1.54) is 30.6 Å². The highest BCUT2D eigenvalue weighted by Crippen LogP contribution is 2.38. The molecule has 6 nitrogen and oxygen atoms in total. The first-order chi connectivity index (χ1) is 15.0. The Bertz CT molecular complexity index is 963.